The predicted octanol–water partition coefficient (Wildman–Crippen LogP) is 14.0. The van der Waals surface area contributed by atoms with E-state index in [4.69, 9.17) is 28.8 Å². The van der Waals surface area contributed by atoms with Crippen molar-refractivity contribution < 1.29 is 47.2 Å². The number of ether oxygens (including phenoxy) is 5. The van der Waals surface area contributed by atoms with Crippen LogP contribution in [0.2, 0.25) is 0 Å². The molecule has 0 aliphatic carbocycles. The lowest BCUT2D eigenvalue weighted by atomic mass is 9.81. The van der Waals surface area contributed by atoms with Crippen LogP contribution in [0.25, 0.3) is 22.3 Å². The molecule has 2 atom stereocenters. The Morgan fingerprint density at radius 2 is 0.881 bits per heavy atom. The molecule has 10 heteroatoms. The smallest absolute Gasteiger partial charge is 0.306 e. The van der Waals surface area contributed by atoms with Crippen molar-refractivity contribution in [3.8, 4) is 45.3 Å². The van der Waals surface area contributed by atoms with Crippen LogP contribution >= 0.6 is 0 Å². The van der Waals surface area contributed by atoms with Crippen LogP contribution in [-0.2, 0) is 38.4 Å². The summed E-state index contributed by atoms with van der Waals surface area (Å²) in [5, 5.41) is 8.98. The zero-order chi connectivity index (χ0) is 49.1. The summed E-state index contributed by atoms with van der Waals surface area (Å²) in [5.74, 6) is 0.988. The Morgan fingerprint density at radius 1 is 0.507 bits per heavy atom. The van der Waals surface area contributed by atoms with Crippen LogP contribution in [-0.4, -0.2) is 38.4 Å². The number of esters is 1. The molecule has 0 aliphatic rings. The van der Waals surface area contributed by atoms with E-state index in [1.165, 1.54) is 19.2 Å². The van der Waals surface area contributed by atoms with E-state index in [0.29, 0.717) is 48.0 Å². The molecule has 0 saturated heterocycles. The highest BCUT2D eigenvalue weighted by atomic mass is 19.1. The Hall–Kier alpha value is -6.68. The zero-order valence-corrected chi connectivity index (χ0v) is 40.6. The maximum absolute atomic E-state index is 14.8. The number of aliphatic carboxylic acids is 1. The van der Waals surface area contributed by atoms with Crippen molar-refractivity contribution >= 4 is 11.9 Å². The van der Waals surface area contributed by atoms with E-state index in [9.17, 15) is 18.4 Å². The molecule has 6 rings (SSSR count). The monoisotopic (exact) mass is 914 g/mol. The molecule has 0 radical (unpaired) electrons. The summed E-state index contributed by atoms with van der Waals surface area (Å²) in [6.45, 7) is 17.2. The third-order valence-corrected chi connectivity index (χ3v) is 11.6. The molecule has 0 fully saturated rings. The first kappa shape index (κ1) is 51.3. The van der Waals surface area contributed by atoms with Gasteiger partial charge in [-0.1, -0.05) is 104 Å². The van der Waals surface area contributed by atoms with E-state index in [1.54, 1.807) is 38.5 Å². The summed E-state index contributed by atoms with van der Waals surface area (Å²) >= 11 is 0. The van der Waals surface area contributed by atoms with E-state index in [2.05, 4.69) is 41.5 Å². The molecular weight excluding hydrogens is 851 g/mol. The molecule has 67 heavy (non-hydrogen) atoms. The first-order valence-corrected chi connectivity index (χ1v) is 22.4. The van der Waals surface area contributed by atoms with E-state index in [1.807, 2.05) is 98.8 Å². The number of hydrogen-bond acceptors (Lipinski definition) is 7. The van der Waals surface area contributed by atoms with Crippen LogP contribution in [0.4, 0.5) is 8.78 Å². The van der Waals surface area contributed by atoms with Crippen LogP contribution in [0.3, 0.4) is 0 Å². The maximum atomic E-state index is 14.8. The summed E-state index contributed by atoms with van der Waals surface area (Å²) < 4.78 is 57.0. The second-order valence-electron chi connectivity index (χ2n) is 18.8. The lowest BCUT2D eigenvalue weighted by Crippen LogP contribution is -2.13. The number of benzene rings is 6. The van der Waals surface area contributed by atoms with Crippen molar-refractivity contribution in [1.82, 2.24) is 0 Å². The molecular formula is C57H64F2O8. The number of halogens is 2. The number of hydrogen-bond donors (Lipinski definition) is 1. The molecule has 0 amide bonds. The van der Waals surface area contributed by atoms with Gasteiger partial charge in [-0.25, -0.2) is 8.78 Å². The molecule has 0 aromatic heterocycles. The van der Waals surface area contributed by atoms with E-state index in [0.717, 1.165) is 50.3 Å². The standard InChI is InChI=1S/C29H33FO4.C28H31FO4/c1-19(15-28(31)33-6)21-8-10-22(11-9-21)34-18-20-7-13-26(29(2,3)4)24(16-20)25-17-23(32-5)12-14-27(25)30;1-18(14-27(30)31)20-7-9-21(10-8-20)33-17-19-6-12-25(28(2,3)4)23(15-19)24-16-22(32-5)11-13-26(24)29/h7-14,16-17,19H,15,18H2,1-6H3;6-13,15-16,18H,14,17H2,1-5H3,(H,30,31)/t19-;18-/m11/s1. The van der Waals surface area contributed by atoms with Crippen molar-refractivity contribution in [2.75, 3.05) is 21.3 Å². The molecule has 0 unspecified atom stereocenters. The number of methoxy groups -OCH3 is 3. The topological polar surface area (TPSA) is 101 Å². The highest BCUT2D eigenvalue weighted by Crippen LogP contribution is 2.39. The third kappa shape index (κ3) is 14.2. The van der Waals surface area contributed by atoms with Gasteiger partial charge in [-0.15, -0.1) is 0 Å². The number of carbonyl (C=O) groups excluding carboxylic acids is 1. The van der Waals surface area contributed by atoms with Gasteiger partial charge in [0, 0.05) is 11.1 Å². The number of carbonyl (C=O) groups is 2. The van der Waals surface area contributed by atoms with Crippen LogP contribution in [0.15, 0.2) is 121 Å². The quantitative estimate of drug-likeness (QED) is 0.0958. The Morgan fingerprint density at radius 3 is 1.22 bits per heavy atom. The molecule has 0 aliphatic heterocycles. The minimum absolute atomic E-state index is 0.0618. The van der Waals surface area contributed by atoms with Crippen LogP contribution in [0.5, 0.6) is 23.0 Å². The third-order valence-electron chi connectivity index (χ3n) is 11.6. The maximum Gasteiger partial charge on any atom is 0.306 e. The zero-order valence-electron chi connectivity index (χ0n) is 40.6. The van der Waals surface area contributed by atoms with Gasteiger partial charge in [-0.2, -0.15) is 0 Å². The minimum Gasteiger partial charge on any atom is -0.497 e. The molecule has 0 bridgehead atoms. The van der Waals surface area contributed by atoms with Gasteiger partial charge < -0.3 is 28.8 Å². The summed E-state index contributed by atoms with van der Waals surface area (Å²) in [6.07, 6.45) is 0.421. The average molecular weight is 915 g/mol. The fourth-order valence-electron chi connectivity index (χ4n) is 7.74. The molecule has 6 aromatic carbocycles. The van der Waals surface area contributed by atoms with Gasteiger partial charge in [0.15, 0.2) is 0 Å². The molecule has 1 N–H and O–H groups in total. The second kappa shape index (κ2) is 22.7. The first-order chi connectivity index (χ1) is 31.7. The van der Waals surface area contributed by atoms with Gasteiger partial charge >= 0.3 is 11.9 Å². The minimum atomic E-state index is -0.815. The first-order valence-electron chi connectivity index (χ1n) is 22.4. The number of rotatable bonds is 16. The lowest BCUT2D eigenvalue weighted by molar-refractivity contribution is -0.141. The summed E-state index contributed by atoms with van der Waals surface area (Å²) in [5.41, 5.74) is 8.26. The Labute approximate surface area is 394 Å². The van der Waals surface area contributed by atoms with Crippen LogP contribution in [0, 0.1) is 11.6 Å². The Balaban J connectivity index is 0.000000251. The van der Waals surface area contributed by atoms with Crippen molar-refractivity contribution in [3.05, 3.63) is 166 Å². The van der Waals surface area contributed by atoms with E-state index < -0.39 is 5.97 Å². The number of carboxylic acids is 1. The molecule has 0 heterocycles. The average Bonchev–Trinajstić information content (AvgIpc) is 3.30. The van der Waals surface area contributed by atoms with E-state index in [-0.39, 0.29) is 46.7 Å². The SMILES string of the molecule is COC(=O)C[C@@H](C)c1ccc(OCc2ccc(C(C)(C)C)c(-c3cc(OC)ccc3F)c2)cc1.COc1ccc(F)c(-c2cc(COc3ccc([C@H](C)CC(=O)O)cc3)ccc2C(C)(C)C)c1. The Bertz CT molecular complexity index is 2610. The fourth-order valence-corrected chi connectivity index (χ4v) is 7.74. The highest BCUT2D eigenvalue weighted by Gasteiger charge is 2.23. The predicted molar refractivity (Wildman–Crippen MR) is 261 cm³/mol. The summed E-state index contributed by atoms with van der Waals surface area (Å²) in [6, 6.07) is 36.8. The second-order valence-corrected chi connectivity index (χ2v) is 18.8. The van der Waals surface area contributed by atoms with Gasteiger partial charge in [0.1, 0.15) is 47.8 Å². The van der Waals surface area contributed by atoms with Gasteiger partial charge in [0.05, 0.1) is 34.2 Å². The van der Waals surface area contributed by atoms with Gasteiger partial charge in [0.2, 0.25) is 0 Å². The molecule has 0 spiro atoms. The van der Waals surface area contributed by atoms with Crippen LogP contribution in [0.1, 0.15) is 113 Å². The van der Waals surface area contributed by atoms with Crippen molar-refractivity contribution in [2.45, 2.75) is 104 Å². The highest BCUT2D eigenvalue weighted by molar-refractivity contribution is 5.73. The van der Waals surface area contributed by atoms with Gasteiger partial charge in [-0.05, 0) is 140 Å². The molecule has 8 nitrogen and oxygen atoms in total. The number of carboxylic acid groups (broad SMARTS) is 1. The van der Waals surface area contributed by atoms with Crippen molar-refractivity contribution in [1.29, 1.82) is 0 Å². The fraction of sp³-hybridized carbons (Fsp3) is 0.333. The van der Waals surface area contributed by atoms with E-state index >= 15 is 0 Å². The molecule has 0 saturated carbocycles. The molecule has 6 aromatic rings. The van der Waals surface area contributed by atoms with Gasteiger partial charge in [0.25, 0.3) is 0 Å². The van der Waals surface area contributed by atoms with Crippen molar-refractivity contribution in [3.63, 3.8) is 0 Å². The summed E-state index contributed by atoms with van der Waals surface area (Å²) in [4.78, 5) is 22.4. The van der Waals surface area contributed by atoms with Crippen molar-refractivity contribution in [2.24, 2.45) is 0 Å². The van der Waals surface area contributed by atoms with Gasteiger partial charge in [-0.3, -0.25) is 9.59 Å². The lowest BCUT2D eigenvalue weighted by Gasteiger charge is -2.24. The molecule has 354 valence electrons. The van der Waals surface area contributed by atoms with Crippen LogP contribution < -0.4 is 18.9 Å². The Kier molecular flexibility index (Phi) is 17.4. The normalized spacial score (nSPS) is 12.3. The summed E-state index contributed by atoms with van der Waals surface area (Å²) in [7, 11) is 4.54. The largest absolute Gasteiger partial charge is 0.497 e.